The van der Waals surface area contributed by atoms with Crippen LogP contribution in [0.15, 0.2) is 197 Å². The van der Waals surface area contributed by atoms with Gasteiger partial charge in [-0.2, -0.15) is 0 Å². The molecule has 248 valence electrons. The third-order valence-corrected chi connectivity index (χ3v) is 11.3. The van der Waals surface area contributed by atoms with Crippen LogP contribution in [0.2, 0.25) is 0 Å². The Balaban J connectivity index is 1.40. The standard InChI is InChI=1S/C47H38N2S2/c1-3-5-7-13-28-47(38-19-10-12-23-44(38)51-45-32-34(24-26-39(45)47)40-20-16-29-48-40)46-35(18-15-22-43(46)50)33-25-27-42-37(31-33)36-17-9-11-21-41(36)49(42)30-14-8-6-4-2/h3-29,31-32,48,50H,1,30H2,2H3/b6-4-,7-5-,14-8-,28-13-. The highest BCUT2D eigenvalue weighted by atomic mass is 32.2. The van der Waals surface area contributed by atoms with E-state index in [1.807, 2.05) is 43.1 Å². The van der Waals surface area contributed by atoms with Gasteiger partial charge in [0.25, 0.3) is 0 Å². The Labute approximate surface area is 309 Å². The highest BCUT2D eigenvalue weighted by Gasteiger charge is 2.43. The van der Waals surface area contributed by atoms with Gasteiger partial charge in [0.05, 0.1) is 5.41 Å². The Hall–Kier alpha value is -5.42. The van der Waals surface area contributed by atoms with E-state index in [0.29, 0.717) is 0 Å². The lowest BCUT2D eigenvalue weighted by Gasteiger charge is -2.41. The topological polar surface area (TPSA) is 20.7 Å². The molecule has 0 radical (unpaired) electrons. The second-order valence-corrected chi connectivity index (χ2v) is 14.3. The van der Waals surface area contributed by atoms with E-state index in [4.69, 9.17) is 12.6 Å². The molecule has 0 bridgehead atoms. The monoisotopic (exact) mass is 694 g/mol. The summed E-state index contributed by atoms with van der Waals surface area (Å²) in [6.45, 7) is 6.76. The summed E-state index contributed by atoms with van der Waals surface area (Å²) in [4.78, 5) is 6.81. The summed E-state index contributed by atoms with van der Waals surface area (Å²) in [7, 11) is 0. The molecule has 0 fully saturated rings. The maximum atomic E-state index is 5.29. The van der Waals surface area contributed by atoms with Crippen LogP contribution in [0.4, 0.5) is 0 Å². The normalized spacial score (nSPS) is 15.9. The third-order valence-electron chi connectivity index (χ3n) is 9.80. The van der Waals surface area contributed by atoms with Gasteiger partial charge in [0, 0.05) is 54.9 Å². The molecule has 51 heavy (non-hydrogen) atoms. The molecule has 0 aliphatic carbocycles. The van der Waals surface area contributed by atoms with Crippen molar-refractivity contribution in [2.24, 2.45) is 0 Å². The molecule has 1 N–H and O–H groups in total. The van der Waals surface area contributed by atoms with Gasteiger partial charge in [0.15, 0.2) is 0 Å². The number of fused-ring (bicyclic) bond motifs is 5. The zero-order valence-corrected chi connectivity index (χ0v) is 30.2. The van der Waals surface area contributed by atoms with Gasteiger partial charge in [-0.25, -0.2) is 0 Å². The minimum atomic E-state index is -0.634. The van der Waals surface area contributed by atoms with Gasteiger partial charge in [-0.3, -0.25) is 0 Å². The van der Waals surface area contributed by atoms with Gasteiger partial charge in [-0.05, 0) is 88.8 Å². The molecule has 0 spiro atoms. The van der Waals surface area contributed by atoms with Gasteiger partial charge < -0.3 is 9.55 Å². The van der Waals surface area contributed by atoms with Crippen LogP contribution < -0.4 is 0 Å². The molecule has 3 heterocycles. The number of allylic oxidation sites excluding steroid dienone is 9. The molecule has 2 aromatic heterocycles. The average molecular weight is 695 g/mol. The number of rotatable bonds is 9. The Morgan fingerprint density at radius 3 is 2.41 bits per heavy atom. The van der Waals surface area contributed by atoms with E-state index < -0.39 is 5.41 Å². The predicted molar refractivity (Wildman–Crippen MR) is 221 cm³/mol. The van der Waals surface area contributed by atoms with Crippen molar-refractivity contribution in [3.8, 4) is 22.4 Å². The Morgan fingerprint density at radius 1 is 0.725 bits per heavy atom. The van der Waals surface area contributed by atoms with Crippen LogP contribution in [0.3, 0.4) is 0 Å². The first kappa shape index (κ1) is 32.8. The summed E-state index contributed by atoms with van der Waals surface area (Å²) in [5, 5.41) is 2.50. The van der Waals surface area contributed by atoms with Crippen LogP contribution in [-0.2, 0) is 12.0 Å². The third kappa shape index (κ3) is 5.75. The molecule has 8 rings (SSSR count). The lowest BCUT2D eigenvalue weighted by molar-refractivity contribution is 0.718. The van der Waals surface area contributed by atoms with Crippen molar-refractivity contribution in [1.29, 1.82) is 0 Å². The Kier molecular flexibility index (Phi) is 9.04. The van der Waals surface area contributed by atoms with Crippen LogP contribution >= 0.6 is 24.4 Å². The summed E-state index contributed by atoms with van der Waals surface area (Å²) in [6.07, 6.45) is 20.8. The zero-order chi connectivity index (χ0) is 34.8. The molecule has 1 unspecified atom stereocenters. The number of para-hydroxylation sites is 1. The summed E-state index contributed by atoms with van der Waals surface area (Å²) >= 11 is 7.13. The van der Waals surface area contributed by atoms with Gasteiger partial charge >= 0.3 is 0 Å². The molecule has 0 saturated heterocycles. The highest BCUT2D eigenvalue weighted by Crippen LogP contribution is 2.57. The van der Waals surface area contributed by atoms with Crippen LogP contribution in [0.25, 0.3) is 44.2 Å². The zero-order valence-electron chi connectivity index (χ0n) is 28.5. The first-order valence-corrected chi connectivity index (χ1v) is 18.5. The summed E-state index contributed by atoms with van der Waals surface area (Å²) in [5.74, 6) is 0. The van der Waals surface area contributed by atoms with Crippen molar-refractivity contribution < 1.29 is 0 Å². The number of aromatic amines is 1. The first-order valence-electron chi connectivity index (χ1n) is 17.3. The fourth-order valence-electron chi connectivity index (χ4n) is 7.60. The largest absolute Gasteiger partial charge is 0.361 e. The lowest BCUT2D eigenvalue weighted by atomic mass is 9.66. The maximum Gasteiger partial charge on any atom is 0.0674 e. The van der Waals surface area contributed by atoms with Crippen molar-refractivity contribution in [1.82, 2.24) is 9.55 Å². The minimum absolute atomic E-state index is 0.634. The smallest absolute Gasteiger partial charge is 0.0674 e. The maximum absolute atomic E-state index is 5.29. The van der Waals surface area contributed by atoms with Crippen molar-refractivity contribution in [3.05, 3.63) is 199 Å². The molecule has 2 nitrogen and oxygen atoms in total. The number of hydrogen-bond acceptors (Lipinski definition) is 2. The molecule has 5 aromatic carbocycles. The Morgan fingerprint density at radius 2 is 1.55 bits per heavy atom. The molecule has 1 atom stereocenters. The number of nitrogens with zero attached hydrogens (tertiary/aromatic N) is 1. The molecule has 7 aromatic rings. The first-order chi connectivity index (χ1) is 25.1. The van der Waals surface area contributed by atoms with E-state index in [2.05, 4.69) is 168 Å². The van der Waals surface area contributed by atoms with E-state index in [1.165, 1.54) is 42.7 Å². The van der Waals surface area contributed by atoms with E-state index in [0.717, 1.165) is 39.4 Å². The van der Waals surface area contributed by atoms with Crippen LogP contribution in [0.1, 0.15) is 23.6 Å². The summed E-state index contributed by atoms with van der Waals surface area (Å²) < 4.78 is 2.41. The molecule has 4 heteroatoms. The quantitative estimate of drug-likeness (QED) is 0.114. The van der Waals surface area contributed by atoms with E-state index in [-0.39, 0.29) is 0 Å². The van der Waals surface area contributed by atoms with Crippen molar-refractivity contribution >= 4 is 46.2 Å². The second-order valence-electron chi connectivity index (χ2n) is 12.7. The average Bonchev–Trinajstić information content (AvgIpc) is 3.82. The van der Waals surface area contributed by atoms with E-state index in [9.17, 15) is 0 Å². The molecular weight excluding hydrogens is 657 g/mol. The number of H-pyrrole nitrogens is 1. The van der Waals surface area contributed by atoms with Crippen molar-refractivity contribution in [2.75, 3.05) is 0 Å². The number of nitrogens with one attached hydrogen (secondary N) is 1. The predicted octanol–water partition coefficient (Wildman–Crippen LogP) is 13.0. The van der Waals surface area contributed by atoms with Gasteiger partial charge in [-0.1, -0.05) is 140 Å². The number of aromatic nitrogens is 2. The van der Waals surface area contributed by atoms with Crippen LogP contribution in [0.5, 0.6) is 0 Å². The molecular formula is C47H38N2S2. The van der Waals surface area contributed by atoms with E-state index in [1.54, 1.807) is 0 Å². The van der Waals surface area contributed by atoms with Gasteiger partial charge in [0.1, 0.15) is 0 Å². The Bertz CT molecular complexity index is 2530. The summed E-state index contributed by atoms with van der Waals surface area (Å²) in [6, 6.07) is 42.1. The SMILES string of the molecule is C=C/C=C\C=C/C1(c2c(S)cccc2-c2ccc3c(c2)c2ccccc2n3C/C=C\C=C/C)c2ccccc2Sc2cc(-c3ccc[nH]3)ccc21. The van der Waals surface area contributed by atoms with Crippen LogP contribution in [-0.4, -0.2) is 9.55 Å². The van der Waals surface area contributed by atoms with E-state index >= 15 is 0 Å². The number of thiol groups is 1. The highest BCUT2D eigenvalue weighted by molar-refractivity contribution is 7.99. The lowest BCUT2D eigenvalue weighted by Crippen LogP contribution is -2.32. The fourth-order valence-corrected chi connectivity index (χ4v) is 9.23. The van der Waals surface area contributed by atoms with Crippen LogP contribution in [0, 0.1) is 0 Å². The molecule has 0 amide bonds. The summed E-state index contributed by atoms with van der Waals surface area (Å²) in [5.41, 5.74) is 10.1. The van der Waals surface area contributed by atoms with Gasteiger partial charge in [0.2, 0.25) is 0 Å². The molecule has 0 saturated carbocycles. The molecule has 1 aliphatic rings. The number of benzene rings is 5. The fraction of sp³-hybridized carbons (Fsp3) is 0.0638. The van der Waals surface area contributed by atoms with Crippen molar-refractivity contribution in [3.63, 3.8) is 0 Å². The number of hydrogen-bond donors (Lipinski definition) is 2. The minimum Gasteiger partial charge on any atom is -0.361 e. The second kappa shape index (κ2) is 14.1. The molecule has 1 aliphatic heterocycles. The van der Waals surface area contributed by atoms with Crippen molar-refractivity contribution in [2.45, 2.75) is 33.6 Å². The van der Waals surface area contributed by atoms with Gasteiger partial charge in [-0.15, -0.1) is 12.6 Å².